The molecule has 66 valence electrons. The number of aliphatic hydroxyl groups excluding tert-OH is 4. The summed E-state index contributed by atoms with van der Waals surface area (Å²) in [7, 11) is 0. The molecule has 0 aliphatic carbocycles. The molecule has 0 bridgehead atoms. The first-order chi connectivity index (χ1) is 5.16. The summed E-state index contributed by atoms with van der Waals surface area (Å²) < 4.78 is 4.81. The van der Waals surface area contributed by atoms with Crippen LogP contribution in [0.25, 0.3) is 0 Å². The van der Waals surface area contributed by atoms with E-state index in [9.17, 15) is 0 Å². The molecule has 4 atom stereocenters. The molecule has 0 spiro atoms. The lowest BCUT2D eigenvalue weighted by Gasteiger charge is -2.34. The molecule has 1 aliphatic rings. The summed E-state index contributed by atoms with van der Waals surface area (Å²) in [6.45, 7) is -0.408. The van der Waals surface area contributed by atoms with Gasteiger partial charge in [-0.1, -0.05) is 0 Å². The number of rotatable bonds is 1. The Morgan fingerprint density at radius 3 is 2.36 bits per heavy atom. The molecule has 11 heavy (non-hydrogen) atoms. The summed E-state index contributed by atoms with van der Waals surface area (Å²) in [4.78, 5) is 0. The first kappa shape index (κ1) is 8.89. The Morgan fingerprint density at radius 2 is 1.82 bits per heavy atom. The molecule has 4 N–H and O–H groups in total. The molecular weight excluding hydrogens is 157 g/mol. The van der Waals surface area contributed by atoms with Gasteiger partial charge >= 0.3 is 0 Å². The van der Waals surface area contributed by atoms with Crippen LogP contribution in [0, 0.1) is 0 Å². The van der Waals surface area contributed by atoms with Gasteiger partial charge in [0.05, 0.1) is 13.2 Å². The fourth-order valence-electron chi connectivity index (χ4n) is 1.03. The molecule has 0 saturated carbocycles. The van der Waals surface area contributed by atoms with Gasteiger partial charge in [0, 0.05) is 0 Å². The van der Waals surface area contributed by atoms with Gasteiger partial charge in [-0.15, -0.1) is 0 Å². The molecule has 1 aliphatic heterocycles. The van der Waals surface area contributed by atoms with E-state index < -0.39 is 24.4 Å². The van der Waals surface area contributed by atoms with Crippen LogP contribution >= 0.6 is 0 Å². The maximum absolute atomic E-state index is 9.11. The van der Waals surface area contributed by atoms with E-state index in [1.54, 1.807) is 0 Å². The van der Waals surface area contributed by atoms with Crippen molar-refractivity contribution in [1.82, 2.24) is 0 Å². The molecule has 1 heterocycles. The number of hydrogen-bond acceptors (Lipinski definition) is 5. The summed E-state index contributed by atoms with van der Waals surface area (Å²) in [5.41, 5.74) is 0. The zero-order valence-corrected chi connectivity index (χ0v) is 5.92. The van der Waals surface area contributed by atoms with Crippen molar-refractivity contribution in [2.45, 2.75) is 24.4 Å². The lowest BCUT2D eigenvalue weighted by atomic mass is 10.6. The fraction of sp³-hybridized carbons (Fsp3) is 1.00. The van der Waals surface area contributed by atoms with Gasteiger partial charge in [-0.2, -0.15) is 0 Å². The molecule has 5 heteroatoms. The van der Waals surface area contributed by atoms with Crippen LogP contribution in [-0.2, 0) is 4.74 Å². The Bertz CT molecular complexity index is 126. The van der Waals surface area contributed by atoms with Gasteiger partial charge < -0.3 is 25.2 Å². The van der Waals surface area contributed by atoms with Crippen molar-refractivity contribution >= 4 is 0 Å². The highest BCUT2D eigenvalue weighted by molar-refractivity contribution is 4.85. The van der Waals surface area contributed by atoms with Crippen LogP contribution in [0.3, 0.4) is 0 Å². The zero-order chi connectivity index (χ0) is 8.43. The van der Waals surface area contributed by atoms with Gasteiger partial charge in [0.15, 0.2) is 0 Å². The van der Waals surface area contributed by atoms with Gasteiger partial charge in [-0.25, -0.2) is 0 Å². The highest BCUT2D eigenvalue weighted by Gasteiger charge is 2.36. The largest absolute Gasteiger partial charge is 0.394 e. The van der Waals surface area contributed by atoms with Crippen LogP contribution in [0.4, 0.5) is 0 Å². The van der Waals surface area contributed by atoms with E-state index in [2.05, 4.69) is 0 Å². The monoisotopic (exact) mass is 169 g/mol. The average molecular weight is 169 g/mol. The number of hydrogen-bond donors (Lipinski definition) is 4. The molecule has 0 radical (unpaired) electrons. The van der Waals surface area contributed by atoms with Crippen LogP contribution < -0.4 is 0 Å². The second kappa shape index (κ2) is 3.46. The minimum atomic E-state index is -1.22. The maximum atomic E-state index is 9.11. The van der Waals surface area contributed by atoms with Crippen LogP contribution in [0.1, 0.15) is 0 Å². The van der Waals surface area contributed by atoms with E-state index in [-0.39, 0.29) is 13.2 Å². The van der Waals surface area contributed by atoms with Crippen LogP contribution in [0.5, 0.6) is 0 Å². The van der Waals surface area contributed by atoms with Crippen molar-refractivity contribution in [3.05, 3.63) is 0 Å². The summed E-state index contributed by atoms with van der Waals surface area (Å²) in [6.07, 6.45) is -4.27. The molecule has 1 fully saturated rings. The second-order valence-electron chi connectivity index (χ2n) is 2.60. The lowest BCUT2D eigenvalue weighted by Crippen LogP contribution is -2.53. The molecule has 0 aromatic rings. The Morgan fingerprint density at radius 1 is 1.18 bits per heavy atom. The molecule has 1 saturated heterocycles. The Kier molecular flexibility index (Phi) is 2.80. The molecule has 5 nitrogen and oxygen atoms in total. The van der Waals surface area contributed by atoms with Crippen molar-refractivity contribution in [1.29, 1.82) is 0 Å². The first-order valence-electron chi connectivity index (χ1n) is 3.43. The van der Waals surface area contributed by atoms with Crippen LogP contribution in [-0.4, -0.2) is 58.1 Å². The van der Waals surface area contributed by atoms with Crippen molar-refractivity contribution in [3.8, 4) is 0 Å². The topological polar surface area (TPSA) is 90.2 Å². The molecular formula is C6H12O5. The third-order valence-corrected chi connectivity index (χ3v) is 1.79. The SMILES string of the molecule is O[13CH2][C@H]1O[13CH2][13CH](O)[13CH](O)[13CH]1O. The minimum absolute atomic E-state index is 0.0521. The lowest BCUT2D eigenvalue weighted by molar-refractivity contribution is -0.195. The van der Waals surface area contributed by atoms with E-state index in [0.717, 1.165) is 0 Å². The third-order valence-electron chi connectivity index (χ3n) is 1.79. The summed E-state index contributed by atoms with van der Waals surface area (Å²) in [5, 5.41) is 35.7. The van der Waals surface area contributed by atoms with E-state index in [0.29, 0.717) is 0 Å². The van der Waals surface area contributed by atoms with Gasteiger partial charge in [0.1, 0.15) is 24.4 Å². The highest BCUT2D eigenvalue weighted by atomic mass is 16.7. The summed E-state index contributed by atoms with van der Waals surface area (Å²) in [5.74, 6) is 0. The predicted molar refractivity (Wildman–Crippen MR) is 34.8 cm³/mol. The zero-order valence-electron chi connectivity index (χ0n) is 5.92. The van der Waals surface area contributed by atoms with Gasteiger partial charge in [-0.3, -0.25) is 0 Å². The fourth-order valence-corrected chi connectivity index (χ4v) is 1.03. The minimum Gasteiger partial charge on any atom is -0.394 e. The van der Waals surface area contributed by atoms with E-state index >= 15 is 0 Å². The highest BCUT2D eigenvalue weighted by Crippen LogP contribution is 2.14. The molecule has 0 aromatic heterocycles. The van der Waals surface area contributed by atoms with E-state index in [4.69, 9.17) is 25.2 Å². The van der Waals surface area contributed by atoms with Crippen molar-refractivity contribution in [2.24, 2.45) is 0 Å². The Balaban J connectivity index is 2.52. The van der Waals surface area contributed by atoms with Crippen molar-refractivity contribution < 1.29 is 25.2 Å². The van der Waals surface area contributed by atoms with Crippen LogP contribution in [0.15, 0.2) is 0 Å². The Labute approximate surface area is 63.8 Å². The average Bonchev–Trinajstić information content (AvgIpc) is 2.01. The van der Waals surface area contributed by atoms with Crippen molar-refractivity contribution in [3.63, 3.8) is 0 Å². The smallest absolute Gasteiger partial charge is 0.111 e. The maximum Gasteiger partial charge on any atom is 0.111 e. The third kappa shape index (κ3) is 1.69. The molecule has 3 unspecified atom stereocenters. The predicted octanol–water partition coefficient (Wildman–Crippen LogP) is -2.54. The van der Waals surface area contributed by atoms with Gasteiger partial charge in [-0.05, 0) is 0 Å². The normalized spacial score (nSPS) is 45.8. The number of ether oxygens (including phenoxy) is 1. The van der Waals surface area contributed by atoms with Crippen LogP contribution in [0.2, 0.25) is 0 Å². The first-order valence-corrected chi connectivity index (χ1v) is 3.43. The van der Waals surface area contributed by atoms with E-state index in [1.165, 1.54) is 0 Å². The quantitative estimate of drug-likeness (QED) is 0.325. The molecule has 1 rings (SSSR count). The second-order valence-corrected chi connectivity index (χ2v) is 2.60. The Hall–Kier alpha value is -0.200. The summed E-state index contributed by atoms with van der Waals surface area (Å²) in [6, 6.07) is 0. The number of aliphatic hydroxyl groups is 4. The van der Waals surface area contributed by atoms with Gasteiger partial charge in [0.25, 0.3) is 0 Å². The van der Waals surface area contributed by atoms with E-state index in [1.807, 2.05) is 0 Å². The molecule has 0 aromatic carbocycles. The standard InChI is InChI=1S/C6H12O5/c7-1-4-6(10)5(9)3(8)2-11-4/h3-10H,1-2H2/t3?,4-,5?,6?/m1/s1/i1+1,2+1,3+1,5+1,6+1. The molecule has 0 amide bonds. The van der Waals surface area contributed by atoms with Crippen molar-refractivity contribution in [2.75, 3.05) is 13.2 Å². The summed E-state index contributed by atoms with van der Waals surface area (Å²) >= 11 is 0. The van der Waals surface area contributed by atoms with Gasteiger partial charge in [0.2, 0.25) is 0 Å².